The number of aromatic nitrogens is 1. The van der Waals surface area contributed by atoms with Gasteiger partial charge in [-0.2, -0.15) is 0 Å². The molecule has 1 N–H and O–H groups in total. The van der Waals surface area contributed by atoms with Gasteiger partial charge in [0.05, 0.1) is 17.8 Å². The largest absolute Gasteiger partial charge is 0.496 e. The summed E-state index contributed by atoms with van der Waals surface area (Å²) >= 11 is 1.80. The third-order valence-corrected chi connectivity index (χ3v) is 4.82. The van der Waals surface area contributed by atoms with Gasteiger partial charge in [-0.15, -0.1) is 11.3 Å². The third-order valence-electron chi connectivity index (χ3n) is 3.72. The number of nitrogens with zero attached hydrogens (tertiary/aromatic N) is 1. The monoisotopic (exact) mass is 304 g/mol. The van der Waals surface area contributed by atoms with Gasteiger partial charge < -0.3 is 10.1 Å². The van der Waals surface area contributed by atoms with E-state index in [1.807, 2.05) is 6.07 Å². The van der Waals surface area contributed by atoms with Gasteiger partial charge in [-0.3, -0.25) is 0 Å². The van der Waals surface area contributed by atoms with E-state index in [9.17, 15) is 0 Å². The Morgan fingerprint density at radius 2 is 2.05 bits per heavy atom. The molecule has 1 atom stereocenters. The van der Waals surface area contributed by atoms with Gasteiger partial charge in [0.15, 0.2) is 0 Å². The molecule has 0 aliphatic rings. The minimum Gasteiger partial charge on any atom is -0.496 e. The average molecular weight is 304 g/mol. The normalized spacial score (nSPS) is 12.4. The number of aryl methyl sites for hydroxylation is 3. The van der Waals surface area contributed by atoms with Crippen LogP contribution >= 0.6 is 11.3 Å². The second-order valence-corrected chi connectivity index (χ2v) is 6.58. The Morgan fingerprint density at radius 3 is 2.57 bits per heavy atom. The summed E-state index contributed by atoms with van der Waals surface area (Å²) in [4.78, 5) is 5.98. The van der Waals surface area contributed by atoms with Gasteiger partial charge in [0.1, 0.15) is 5.75 Å². The van der Waals surface area contributed by atoms with Crippen LogP contribution in [0.4, 0.5) is 0 Å². The zero-order valence-electron chi connectivity index (χ0n) is 13.5. The lowest BCUT2D eigenvalue weighted by Crippen LogP contribution is -2.23. The van der Waals surface area contributed by atoms with E-state index in [1.54, 1.807) is 18.4 Å². The Balaban J connectivity index is 2.23. The molecule has 0 saturated heterocycles. The lowest BCUT2D eigenvalue weighted by Gasteiger charge is -2.18. The quantitative estimate of drug-likeness (QED) is 0.877. The fourth-order valence-electron chi connectivity index (χ4n) is 2.47. The van der Waals surface area contributed by atoms with E-state index in [2.05, 4.69) is 50.1 Å². The molecule has 0 spiro atoms. The van der Waals surface area contributed by atoms with Crippen LogP contribution in [0, 0.1) is 20.8 Å². The summed E-state index contributed by atoms with van der Waals surface area (Å²) in [7, 11) is 1.71. The van der Waals surface area contributed by atoms with Crippen molar-refractivity contribution >= 4 is 11.3 Å². The molecule has 2 aromatic rings. The molecule has 2 rings (SSSR count). The van der Waals surface area contributed by atoms with Gasteiger partial charge in [0.2, 0.25) is 0 Å². The molecule has 4 heteroatoms. The summed E-state index contributed by atoms with van der Waals surface area (Å²) in [5.41, 5.74) is 3.61. The first-order valence-electron chi connectivity index (χ1n) is 7.36. The van der Waals surface area contributed by atoms with Crippen LogP contribution < -0.4 is 10.1 Å². The molecule has 1 heterocycles. The van der Waals surface area contributed by atoms with Crippen molar-refractivity contribution in [3.8, 4) is 5.75 Å². The van der Waals surface area contributed by atoms with E-state index in [0.29, 0.717) is 6.04 Å². The number of hydrogen-bond acceptors (Lipinski definition) is 4. The van der Waals surface area contributed by atoms with E-state index < -0.39 is 0 Å². The molecule has 21 heavy (non-hydrogen) atoms. The van der Waals surface area contributed by atoms with Crippen LogP contribution in [0.5, 0.6) is 5.75 Å². The fourth-order valence-corrected chi connectivity index (χ4v) is 3.45. The second-order valence-electron chi connectivity index (χ2n) is 5.29. The van der Waals surface area contributed by atoms with Crippen molar-refractivity contribution in [1.29, 1.82) is 0 Å². The van der Waals surface area contributed by atoms with Gasteiger partial charge in [0.25, 0.3) is 0 Å². The number of likely N-dealkylation sites (N-methyl/N-ethyl adjacent to an activating group) is 1. The Morgan fingerprint density at radius 1 is 1.29 bits per heavy atom. The maximum absolute atomic E-state index is 5.35. The lowest BCUT2D eigenvalue weighted by molar-refractivity contribution is 0.411. The summed E-state index contributed by atoms with van der Waals surface area (Å²) in [6.07, 6.45) is 0.930. The highest BCUT2D eigenvalue weighted by molar-refractivity contribution is 7.11. The Kier molecular flexibility index (Phi) is 5.37. The summed E-state index contributed by atoms with van der Waals surface area (Å²) in [5, 5.41) is 4.77. The van der Waals surface area contributed by atoms with Gasteiger partial charge in [0, 0.05) is 17.3 Å². The van der Waals surface area contributed by atoms with Crippen molar-refractivity contribution in [3.63, 3.8) is 0 Å². The van der Waals surface area contributed by atoms with Crippen LogP contribution in [0.1, 0.15) is 39.7 Å². The summed E-state index contributed by atoms with van der Waals surface area (Å²) in [6.45, 7) is 9.38. The molecule has 1 aromatic carbocycles. The Labute approximate surface area is 131 Å². The number of thiazole rings is 1. The minimum atomic E-state index is 0.296. The molecule has 0 bridgehead atoms. The molecule has 1 aromatic heterocycles. The third kappa shape index (κ3) is 3.83. The molecule has 0 fully saturated rings. The maximum Gasteiger partial charge on any atom is 0.121 e. The molecule has 0 aliphatic carbocycles. The van der Waals surface area contributed by atoms with E-state index in [0.717, 1.165) is 24.4 Å². The fraction of sp³-hybridized carbons (Fsp3) is 0.471. The van der Waals surface area contributed by atoms with Gasteiger partial charge in [-0.25, -0.2) is 4.98 Å². The van der Waals surface area contributed by atoms with Crippen LogP contribution in [-0.2, 0) is 6.42 Å². The smallest absolute Gasteiger partial charge is 0.121 e. The number of hydrogen-bond donors (Lipinski definition) is 1. The van der Waals surface area contributed by atoms with Crippen molar-refractivity contribution in [2.75, 3.05) is 13.7 Å². The predicted octanol–water partition coefficient (Wildman–Crippen LogP) is 3.97. The molecule has 3 nitrogen and oxygen atoms in total. The topological polar surface area (TPSA) is 34.2 Å². The molecule has 0 amide bonds. The Bertz CT molecular complexity index is 587. The molecule has 1 unspecified atom stereocenters. The van der Waals surface area contributed by atoms with E-state index in [1.165, 1.54) is 21.0 Å². The van der Waals surface area contributed by atoms with Gasteiger partial charge in [-0.1, -0.05) is 19.1 Å². The van der Waals surface area contributed by atoms with Crippen LogP contribution in [-0.4, -0.2) is 18.6 Å². The Hall–Kier alpha value is -1.39. The summed E-state index contributed by atoms with van der Waals surface area (Å²) in [5.74, 6) is 0.940. The molecular formula is C17H24N2OS. The number of rotatable bonds is 6. The molecular weight excluding hydrogens is 280 g/mol. The standard InChI is InChI=1S/C17H24N2OS/c1-6-18-15(10-17-19-12(3)13(4)21-17)14-7-8-16(20-5)11(2)9-14/h7-9,15,18H,6,10H2,1-5H3. The highest BCUT2D eigenvalue weighted by Gasteiger charge is 2.15. The van der Waals surface area contributed by atoms with E-state index in [4.69, 9.17) is 4.74 Å². The minimum absolute atomic E-state index is 0.296. The molecule has 0 radical (unpaired) electrons. The van der Waals surface area contributed by atoms with Crippen LogP contribution in [0.15, 0.2) is 18.2 Å². The van der Waals surface area contributed by atoms with E-state index >= 15 is 0 Å². The van der Waals surface area contributed by atoms with Crippen molar-refractivity contribution in [1.82, 2.24) is 10.3 Å². The van der Waals surface area contributed by atoms with Gasteiger partial charge >= 0.3 is 0 Å². The van der Waals surface area contributed by atoms with Crippen LogP contribution in [0.25, 0.3) is 0 Å². The van der Waals surface area contributed by atoms with Crippen LogP contribution in [0.2, 0.25) is 0 Å². The highest BCUT2D eigenvalue weighted by Crippen LogP contribution is 2.27. The summed E-state index contributed by atoms with van der Waals surface area (Å²) in [6, 6.07) is 6.70. The highest BCUT2D eigenvalue weighted by atomic mass is 32.1. The first kappa shape index (κ1) is 16.0. The van der Waals surface area contributed by atoms with Crippen molar-refractivity contribution in [3.05, 3.63) is 44.9 Å². The number of nitrogens with one attached hydrogen (secondary N) is 1. The zero-order chi connectivity index (χ0) is 15.4. The number of benzene rings is 1. The average Bonchev–Trinajstić information content (AvgIpc) is 2.77. The zero-order valence-corrected chi connectivity index (χ0v) is 14.3. The molecule has 0 saturated carbocycles. The van der Waals surface area contributed by atoms with Gasteiger partial charge in [-0.05, 0) is 44.5 Å². The van der Waals surface area contributed by atoms with Crippen LogP contribution in [0.3, 0.4) is 0 Å². The number of methoxy groups -OCH3 is 1. The number of ether oxygens (including phenoxy) is 1. The maximum atomic E-state index is 5.35. The predicted molar refractivity (Wildman–Crippen MR) is 89.4 cm³/mol. The molecule has 0 aliphatic heterocycles. The first-order valence-corrected chi connectivity index (χ1v) is 8.17. The van der Waals surface area contributed by atoms with Crippen molar-refractivity contribution < 1.29 is 4.74 Å². The van der Waals surface area contributed by atoms with Crippen molar-refractivity contribution in [2.45, 2.75) is 40.2 Å². The first-order chi connectivity index (χ1) is 10.0. The van der Waals surface area contributed by atoms with Crippen molar-refractivity contribution in [2.24, 2.45) is 0 Å². The SMILES string of the molecule is CCNC(Cc1nc(C)c(C)s1)c1ccc(OC)c(C)c1. The lowest BCUT2D eigenvalue weighted by atomic mass is 10.0. The second kappa shape index (κ2) is 7.05. The molecule has 114 valence electrons. The summed E-state index contributed by atoms with van der Waals surface area (Å²) < 4.78 is 5.35. The van der Waals surface area contributed by atoms with E-state index in [-0.39, 0.29) is 0 Å².